The van der Waals surface area contributed by atoms with Gasteiger partial charge in [-0.15, -0.1) is 0 Å². The van der Waals surface area contributed by atoms with Gasteiger partial charge in [0.05, 0.1) is 17.4 Å². The molecular weight excluding hydrogens is 302 g/mol. The summed E-state index contributed by atoms with van der Waals surface area (Å²) in [6, 6.07) is 0.141. The Labute approximate surface area is 137 Å². The molecule has 0 saturated carbocycles. The molecule has 6 heteroatoms. The van der Waals surface area contributed by atoms with Gasteiger partial charge in [-0.3, -0.25) is 9.48 Å². The molecule has 1 saturated heterocycles. The molecule has 22 heavy (non-hydrogen) atoms. The van der Waals surface area contributed by atoms with Crippen LogP contribution in [0.15, 0.2) is 0 Å². The molecule has 1 aromatic rings. The number of aromatic nitrogens is 2. The van der Waals surface area contributed by atoms with Crippen molar-refractivity contribution in [3.05, 3.63) is 16.4 Å². The number of rotatable bonds is 5. The molecule has 2 atom stereocenters. The number of carbonyl (C=O) groups is 1. The van der Waals surface area contributed by atoms with E-state index in [1.54, 1.807) is 14.0 Å². The molecule has 2 rings (SSSR count). The van der Waals surface area contributed by atoms with Crippen LogP contribution in [0.2, 0.25) is 5.15 Å². The van der Waals surface area contributed by atoms with Crippen molar-refractivity contribution in [2.24, 2.45) is 13.0 Å². The summed E-state index contributed by atoms with van der Waals surface area (Å²) in [5, 5.41) is 7.69. The van der Waals surface area contributed by atoms with E-state index < -0.39 is 0 Å². The molecule has 2 unspecified atom stereocenters. The van der Waals surface area contributed by atoms with Gasteiger partial charge in [-0.25, -0.2) is 0 Å². The Kier molecular flexibility index (Phi) is 5.87. The molecule has 5 nitrogen and oxygen atoms in total. The van der Waals surface area contributed by atoms with Crippen molar-refractivity contribution in [1.82, 2.24) is 15.1 Å². The molecule has 1 aliphatic heterocycles. The molecule has 0 aliphatic carbocycles. The molecule has 1 N–H and O–H groups in total. The summed E-state index contributed by atoms with van der Waals surface area (Å²) in [4.78, 5) is 12.5. The van der Waals surface area contributed by atoms with Gasteiger partial charge in [-0.2, -0.15) is 5.10 Å². The predicted molar refractivity (Wildman–Crippen MR) is 87.3 cm³/mol. The van der Waals surface area contributed by atoms with Crippen molar-refractivity contribution in [3.8, 4) is 0 Å². The average molecular weight is 328 g/mol. The Morgan fingerprint density at radius 2 is 2.18 bits per heavy atom. The Hall–Kier alpha value is -1.07. The van der Waals surface area contributed by atoms with Crippen LogP contribution in [0.3, 0.4) is 0 Å². The van der Waals surface area contributed by atoms with Gasteiger partial charge in [0, 0.05) is 19.7 Å². The molecular formula is C16H26ClN3O2. The van der Waals surface area contributed by atoms with Gasteiger partial charge in [0.15, 0.2) is 0 Å². The van der Waals surface area contributed by atoms with Gasteiger partial charge in [0.2, 0.25) is 0 Å². The van der Waals surface area contributed by atoms with E-state index in [-0.39, 0.29) is 18.1 Å². The molecule has 0 radical (unpaired) electrons. The lowest BCUT2D eigenvalue weighted by Gasteiger charge is -2.34. The zero-order valence-electron chi connectivity index (χ0n) is 13.9. The van der Waals surface area contributed by atoms with Gasteiger partial charge in [-0.1, -0.05) is 38.3 Å². The summed E-state index contributed by atoms with van der Waals surface area (Å²) < 4.78 is 7.43. The number of amides is 1. The summed E-state index contributed by atoms with van der Waals surface area (Å²) in [5.74, 6) is 0.425. The highest BCUT2D eigenvalue weighted by atomic mass is 35.5. The van der Waals surface area contributed by atoms with Crippen molar-refractivity contribution in [1.29, 1.82) is 0 Å². The Balaban J connectivity index is 2.02. The average Bonchev–Trinajstić information content (AvgIpc) is 2.74. The predicted octanol–water partition coefficient (Wildman–Crippen LogP) is 3.10. The standard InChI is InChI=1S/C16H26ClN3O2/c1-5-11(6-2)13-9-12(7-8-22-13)18-16(21)14-10(3)19-20(4)15(14)17/h11-13H,5-9H2,1-4H3,(H,18,21). The van der Waals surface area contributed by atoms with Crippen LogP contribution in [0.5, 0.6) is 0 Å². The second-order valence-electron chi connectivity index (χ2n) is 6.06. The SMILES string of the molecule is CCC(CC)C1CC(NC(=O)c2c(C)nn(C)c2Cl)CCO1. The summed E-state index contributed by atoms with van der Waals surface area (Å²) in [5.41, 5.74) is 1.14. The van der Waals surface area contributed by atoms with Crippen LogP contribution < -0.4 is 5.32 Å². The van der Waals surface area contributed by atoms with E-state index in [9.17, 15) is 4.79 Å². The lowest BCUT2D eigenvalue weighted by Crippen LogP contribution is -2.44. The number of hydrogen-bond donors (Lipinski definition) is 1. The highest BCUT2D eigenvalue weighted by Gasteiger charge is 2.29. The Bertz CT molecular complexity index is 526. The van der Waals surface area contributed by atoms with E-state index in [1.807, 2.05) is 0 Å². The Morgan fingerprint density at radius 1 is 1.50 bits per heavy atom. The topological polar surface area (TPSA) is 56.2 Å². The third kappa shape index (κ3) is 3.63. The number of halogens is 1. The summed E-state index contributed by atoms with van der Waals surface area (Å²) >= 11 is 6.17. The van der Waals surface area contributed by atoms with E-state index in [4.69, 9.17) is 16.3 Å². The van der Waals surface area contributed by atoms with Gasteiger partial charge >= 0.3 is 0 Å². The van der Waals surface area contributed by atoms with Crippen LogP contribution in [0.1, 0.15) is 55.6 Å². The normalized spacial score (nSPS) is 22.1. The lowest BCUT2D eigenvalue weighted by atomic mass is 9.89. The lowest BCUT2D eigenvalue weighted by molar-refractivity contribution is -0.0337. The van der Waals surface area contributed by atoms with E-state index >= 15 is 0 Å². The van der Waals surface area contributed by atoms with Crippen molar-refractivity contribution in [3.63, 3.8) is 0 Å². The minimum Gasteiger partial charge on any atom is -0.378 e. The summed E-state index contributed by atoms with van der Waals surface area (Å²) in [6.45, 7) is 6.89. The number of nitrogens with one attached hydrogen (secondary N) is 1. The third-order valence-electron chi connectivity index (χ3n) is 4.60. The quantitative estimate of drug-likeness (QED) is 0.904. The van der Waals surface area contributed by atoms with Crippen molar-refractivity contribution in [2.75, 3.05) is 6.61 Å². The van der Waals surface area contributed by atoms with E-state index in [0.717, 1.165) is 25.7 Å². The number of aryl methyl sites for hydroxylation is 2. The zero-order valence-corrected chi connectivity index (χ0v) is 14.6. The zero-order chi connectivity index (χ0) is 16.3. The van der Waals surface area contributed by atoms with Crippen LogP contribution in [0.25, 0.3) is 0 Å². The van der Waals surface area contributed by atoms with E-state index in [2.05, 4.69) is 24.3 Å². The van der Waals surface area contributed by atoms with E-state index in [1.165, 1.54) is 4.68 Å². The maximum absolute atomic E-state index is 12.5. The molecule has 1 aliphatic rings. The second-order valence-corrected chi connectivity index (χ2v) is 6.41. The van der Waals surface area contributed by atoms with Crippen LogP contribution in [0, 0.1) is 12.8 Å². The van der Waals surface area contributed by atoms with Crippen molar-refractivity contribution in [2.45, 2.75) is 58.6 Å². The maximum Gasteiger partial charge on any atom is 0.256 e. The second kappa shape index (κ2) is 7.47. The van der Waals surface area contributed by atoms with Crippen LogP contribution >= 0.6 is 11.6 Å². The smallest absolute Gasteiger partial charge is 0.256 e. The fourth-order valence-corrected chi connectivity index (χ4v) is 3.51. The molecule has 1 aromatic heterocycles. The molecule has 2 heterocycles. The van der Waals surface area contributed by atoms with Crippen molar-refractivity contribution < 1.29 is 9.53 Å². The third-order valence-corrected chi connectivity index (χ3v) is 5.04. The Morgan fingerprint density at radius 3 is 2.73 bits per heavy atom. The monoisotopic (exact) mass is 327 g/mol. The number of hydrogen-bond acceptors (Lipinski definition) is 3. The van der Waals surface area contributed by atoms with Gasteiger partial charge in [-0.05, 0) is 25.7 Å². The highest BCUT2D eigenvalue weighted by molar-refractivity contribution is 6.33. The van der Waals surface area contributed by atoms with Crippen LogP contribution in [-0.4, -0.2) is 34.4 Å². The fourth-order valence-electron chi connectivity index (χ4n) is 3.25. The molecule has 0 bridgehead atoms. The van der Waals surface area contributed by atoms with E-state index in [0.29, 0.717) is 28.9 Å². The van der Waals surface area contributed by atoms with Crippen LogP contribution in [-0.2, 0) is 11.8 Å². The van der Waals surface area contributed by atoms with Gasteiger partial charge in [0.1, 0.15) is 5.15 Å². The number of nitrogens with zero attached hydrogens (tertiary/aromatic N) is 2. The van der Waals surface area contributed by atoms with Crippen LogP contribution in [0.4, 0.5) is 0 Å². The maximum atomic E-state index is 12.5. The number of ether oxygens (including phenoxy) is 1. The highest BCUT2D eigenvalue weighted by Crippen LogP contribution is 2.26. The first kappa shape index (κ1) is 17.3. The summed E-state index contributed by atoms with van der Waals surface area (Å²) in [6.07, 6.45) is 4.17. The molecule has 0 spiro atoms. The molecule has 124 valence electrons. The van der Waals surface area contributed by atoms with Gasteiger partial charge in [0.25, 0.3) is 5.91 Å². The largest absolute Gasteiger partial charge is 0.378 e. The van der Waals surface area contributed by atoms with Gasteiger partial charge < -0.3 is 10.1 Å². The minimum absolute atomic E-state index is 0.134. The molecule has 1 fully saturated rings. The fraction of sp³-hybridized carbons (Fsp3) is 0.750. The summed E-state index contributed by atoms with van der Waals surface area (Å²) in [7, 11) is 1.74. The first-order chi connectivity index (χ1) is 10.5. The first-order valence-electron chi connectivity index (χ1n) is 8.09. The molecule has 0 aromatic carbocycles. The van der Waals surface area contributed by atoms with Crippen molar-refractivity contribution >= 4 is 17.5 Å². The minimum atomic E-state index is -0.134. The molecule has 1 amide bonds. The number of carbonyl (C=O) groups excluding carboxylic acids is 1. The first-order valence-corrected chi connectivity index (χ1v) is 8.47.